The van der Waals surface area contributed by atoms with Crippen molar-refractivity contribution < 1.29 is 0 Å². The van der Waals surface area contributed by atoms with Crippen LogP contribution < -0.4 is 10.6 Å². The van der Waals surface area contributed by atoms with Crippen molar-refractivity contribution in [3.8, 4) is 0 Å². The molecular weight excluding hydrogens is 220 g/mol. The maximum atomic E-state index is 5.60. The van der Waals surface area contributed by atoms with Crippen LogP contribution in [0.4, 0.5) is 5.95 Å². The van der Waals surface area contributed by atoms with Crippen LogP contribution in [0.2, 0.25) is 0 Å². The van der Waals surface area contributed by atoms with Crippen molar-refractivity contribution in [3.05, 3.63) is 17.5 Å². The van der Waals surface area contributed by atoms with Gasteiger partial charge in [-0.1, -0.05) is 19.1 Å². The van der Waals surface area contributed by atoms with Crippen LogP contribution in [0, 0.1) is 12.8 Å². The normalized spacial score (nSPS) is 20.1. The first-order valence-electron chi connectivity index (χ1n) is 5.46. The lowest BCUT2D eigenvalue weighted by Gasteiger charge is -2.16. The number of aryl methyl sites for hydroxylation is 1. The van der Waals surface area contributed by atoms with E-state index in [9.17, 15) is 0 Å². The predicted octanol–water partition coefficient (Wildman–Crippen LogP) is 1.27. The first-order valence-corrected chi connectivity index (χ1v) is 5.87. The summed E-state index contributed by atoms with van der Waals surface area (Å²) in [5, 5.41) is 0. The van der Waals surface area contributed by atoms with Crippen molar-refractivity contribution in [2.24, 2.45) is 11.7 Å². The molecular formula is C11H16N4S. The highest BCUT2D eigenvalue weighted by atomic mass is 32.1. The number of nitrogens with zero attached hydrogens (tertiary/aromatic N) is 3. The van der Waals surface area contributed by atoms with Crippen molar-refractivity contribution >= 4 is 23.2 Å². The number of nitrogens with two attached hydrogens (primary N) is 1. The molecule has 1 aliphatic rings. The quantitative estimate of drug-likeness (QED) is 0.784. The smallest absolute Gasteiger partial charge is 0.226 e. The molecule has 0 bridgehead atoms. The summed E-state index contributed by atoms with van der Waals surface area (Å²) >= 11 is 4.95. The SMILES string of the molecule is Cc1cc(C(N)=S)nc(N2CCC(C)C2)n1. The van der Waals surface area contributed by atoms with E-state index < -0.39 is 0 Å². The van der Waals surface area contributed by atoms with Crippen LogP contribution in [0.3, 0.4) is 0 Å². The molecule has 16 heavy (non-hydrogen) atoms. The van der Waals surface area contributed by atoms with Gasteiger partial charge in [-0.25, -0.2) is 9.97 Å². The van der Waals surface area contributed by atoms with Gasteiger partial charge in [0, 0.05) is 18.8 Å². The lowest BCUT2D eigenvalue weighted by molar-refractivity contribution is 0.658. The molecule has 1 unspecified atom stereocenters. The van der Waals surface area contributed by atoms with Gasteiger partial charge in [0.1, 0.15) is 10.7 Å². The van der Waals surface area contributed by atoms with E-state index in [0.717, 1.165) is 24.7 Å². The summed E-state index contributed by atoms with van der Waals surface area (Å²) in [6.07, 6.45) is 1.19. The molecule has 0 amide bonds. The van der Waals surface area contributed by atoms with Crippen molar-refractivity contribution in [1.29, 1.82) is 0 Å². The van der Waals surface area contributed by atoms with Gasteiger partial charge in [-0.15, -0.1) is 0 Å². The van der Waals surface area contributed by atoms with Crippen molar-refractivity contribution in [1.82, 2.24) is 9.97 Å². The molecule has 2 rings (SSSR count). The Bertz CT molecular complexity index is 418. The van der Waals surface area contributed by atoms with Gasteiger partial charge in [0.2, 0.25) is 5.95 Å². The van der Waals surface area contributed by atoms with Gasteiger partial charge >= 0.3 is 0 Å². The lowest BCUT2D eigenvalue weighted by Crippen LogP contribution is -2.24. The monoisotopic (exact) mass is 236 g/mol. The van der Waals surface area contributed by atoms with Crippen molar-refractivity contribution in [2.75, 3.05) is 18.0 Å². The van der Waals surface area contributed by atoms with Gasteiger partial charge in [0.15, 0.2) is 0 Å². The fourth-order valence-electron chi connectivity index (χ4n) is 1.94. The zero-order chi connectivity index (χ0) is 11.7. The molecule has 1 atom stereocenters. The topological polar surface area (TPSA) is 55.0 Å². The molecule has 0 aromatic carbocycles. The van der Waals surface area contributed by atoms with E-state index in [0.29, 0.717) is 16.6 Å². The number of thiocarbonyl (C=S) groups is 1. The van der Waals surface area contributed by atoms with Crippen LogP contribution in [-0.4, -0.2) is 28.0 Å². The fraction of sp³-hybridized carbons (Fsp3) is 0.545. The van der Waals surface area contributed by atoms with E-state index >= 15 is 0 Å². The number of hydrogen-bond donors (Lipinski definition) is 1. The molecule has 4 nitrogen and oxygen atoms in total. The maximum absolute atomic E-state index is 5.60. The Labute approximate surface area is 101 Å². The Hall–Kier alpha value is -1.23. The van der Waals surface area contributed by atoms with Crippen LogP contribution in [0.1, 0.15) is 24.7 Å². The van der Waals surface area contributed by atoms with Crippen LogP contribution in [0.25, 0.3) is 0 Å². The fourth-order valence-corrected chi connectivity index (χ4v) is 2.04. The Morgan fingerprint density at radius 1 is 1.56 bits per heavy atom. The number of hydrogen-bond acceptors (Lipinski definition) is 4. The summed E-state index contributed by atoms with van der Waals surface area (Å²) in [6.45, 7) is 6.21. The maximum Gasteiger partial charge on any atom is 0.226 e. The summed E-state index contributed by atoms with van der Waals surface area (Å²) < 4.78 is 0. The van der Waals surface area contributed by atoms with Gasteiger partial charge < -0.3 is 10.6 Å². The van der Waals surface area contributed by atoms with Crippen LogP contribution >= 0.6 is 12.2 Å². The molecule has 0 aliphatic carbocycles. The molecule has 1 fully saturated rings. The third-order valence-corrected chi connectivity index (χ3v) is 3.01. The van der Waals surface area contributed by atoms with Gasteiger partial charge in [0.05, 0.1) is 0 Å². The molecule has 5 heteroatoms. The van der Waals surface area contributed by atoms with E-state index in [2.05, 4.69) is 21.8 Å². The van der Waals surface area contributed by atoms with Gasteiger partial charge in [-0.3, -0.25) is 0 Å². The molecule has 2 heterocycles. The molecule has 0 saturated carbocycles. The first kappa shape index (κ1) is 11.3. The molecule has 1 saturated heterocycles. The van der Waals surface area contributed by atoms with Gasteiger partial charge in [-0.05, 0) is 25.3 Å². The third-order valence-electron chi connectivity index (χ3n) is 2.80. The minimum absolute atomic E-state index is 0.332. The second-order valence-corrected chi connectivity index (χ2v) is 4.84. The molecule has 1 aromatic rings. The van der Waals surface area contributed by atoms with E-state index in [1.54, 1.807) is 0 Å². The molecule has 1 aliphatic heterocycles. The number of rotatable bonds is 2. The molecule has 1 aromatic heterocycles. The van der Waals surface area contributed by atoms with Crippen molar-refractivity contribution in [2.45, 2.75) is 20.3 Å². The van der Waals surface area contributed by atoms with E-state index in [1.165, 1.54) is 6.42 Å². The van der Waals surface area contributed by atoms with E-state index in [4.69, 9.17) is 18.0 Å². The second-order valence-electron chi connectivity index (χ2n) is 4.40. The average Bonchev–Trinajstić information content (AvgIpc) is 2.64. The summed E-state index contributed by atoms with van der Waals surface area (Å²) in [7, 11) is 0. The van der Waals surface area contributed by atoms with Crippen LogP contribution in [-0.2, 0) is 0 Å². The lowest BCUT2D eigenvalue weighted by atomic mass is 10.2. The zero-order valence-electron chi connectivity index (χ0n) is 9.60. The Kier molecular flexibility index (Phi) is 3.05. The Balaban J connectivity index is 2.30. The highest BCUT2D eigenvalue weighted by Crippen LogP contribution is 2.20. The second kappa shape index (κ2) is 4.33. The zero-order valence-corrected chi connectivity index (χ0v) is 10.4. The van der Waals surface area contributed by atoms with Crippen LogP contribution in [0.5, 0.6) is 0 Å². The number of aromatic nitrogens is 2. The van der Waals surface area contributed by atoms with E-state index in [1.807, 2.05) is 13.0 Å². The summed E-state index contributed by atoms with van der Waals surface area (Å²) in [5.74, 6) is 1.46. The Morgan fingerprint density at radius 3 is 2.88 bits per heavy atom. The minimum atomic E-state index is 0.332. The standard InChI is InChI=1S/C11H16N4S/c1-7-3-4-15(6-7)11-13-8(2)5-9(14-11)10(12)16/h5,7H,3-4,6H2,1-2H3,(H2,12,16). The third kappa shape index (κ3) is 2.29. The Morgan fingerprint density at radius 2 is 2.31 bits per heavy atom. The largest absolute Gasteiger partial charge is 0.388 e. The predicted molar refractivity (Wildman–Crippen MR) is 68.7 cm³/mol. The van der Waals surface area contributed by atoms with Gasteiger partial charge in [0.25, 0.3) is 0 Å². The summed E-state index contributed by atoms with van der Waals surface area (Å²) in [4.78, 5) is 11.4. The summed E-state index contributed by atoms with van der Waals surface area (Å²) in [5.41, 5.74) is 7.17. The van der Waals surface area contributed by atoms with E-state index in [-0.39, 0.29) is 0 Å². The molecule has 0 radical (unpaired) electrons. The minimum Gasteiger partial charge on any atom is -0.388 e. The van der Waals surface area contributed by atoms with Crippen LogP contribution in [0.15, 0.2) is 6.07 Å². The average molecular weight is 236 g/mol. The molecule has 86 valence electrons. The highest BCUT2D eigenvalue weighted by molar-refractivity contribution is 7.80. The van der Waals surface area contributed by atoms with Gasteiger partial charge in [-0.2, -0.15) is 0 Å². The number of anilines is 1. The van der Waals surface area contributed by atoms with Crippen molar-refractivity contribution in [3.63, 3.8) is 0 Å². The summed E-state index contributed by atoms with van der Waals surface area (Å²) in [6, 6.07) is 1.82. The molecule has 0 spiro atoms. The molecule has 2 N–H and O–H groups in total. The highest BCUT2D eigenvalue weighted by Gasteiger charge is 2.21. The first-order chi connectivity index (χ1) is 7.56.